The number of rotatable bonds is 7. The van der Waals surface area contributed by atoms with Crippen molar-refractivity contribution in [2.45, 2.75) is 18.6 Å². The minimum absolute atomic E-state index is 0.0731. The van der Waals surface area contributed by atoms with Crippen LogP contribution < -0.4 is 10.2 Å². The highest BCUT2D eigenvalue weighted by atomic mass is 32.2. The molecule has 1 N–H and O–H groups in total. The average molecular weight is 428 g/mol. The van der Waals surface area contributed by atoms with Crippen molar-refractivity contribution in [3.8, 4) is 0 Å². The van der Waals surface area contributed by atoms with Crippen LogP contribution in [0.4, 0.5) is 11.4 Å². The number of benzene rings is 2. The van der Waals surface area contributed by atoms with Crippen molar-refractivity contribution in [1.82, 2.24) is 4.90 Å². The number of anilines is 2. The molecule has 1 amide bonds. The molecule has 2 aliphatic rings. The van der Waals surface area contributed by atoms with E-state index in [9.17, 15) is 13.2 Å². The number of carbonyl (C=O) groups excluding carboxylic acids is 1. The van der Waals surface area contributed by atoms with Gasteiger partial charge in [-0.3, -0.25) is 9.69 Å². The number of hydrogen-bond donors (Lipinski definition) is 1. The third kappa shape index (κ3) is 5.83. The second-order valence-corrected chi connectivity index (χ2v) is 10.6. The molecule has 2 aromatic carbocycles. The number of hydrogen-bond acceptors (Lipinski definition) is 5. The summed E-state index contributed by atoms with van der Waals surface area (Å²) in [6.07, 6.45) is 3.97. The van der Waals surface area contributed by atoms with Crippen molar-refractivity contribution < 1.29 is 13.2 Å². The molecule has 0 radical (unpaired) electrons. The Morgan fingerprint density at radius 3 is 2.47 bits per heavy atom. The number of nitrogens with zero attached hydrogens (tertiary/aromatic N) is 2. The van der Waals surface area contributed by atoms with Gasteiger partial charge in [-0.15, -0.1) is 0 Å². The number of carbonyl (C=O) groups is 1. The van der Waals surface area contributed by atoms with Gasteiger partial charge in [0.15, 0.2) is 9.84 Å². The zero-order chi connectivity index (χ0) is 21.1. The van der Waals surface area contributed by atoms with E-state index in [1.165, 1.54) is 25.6 Å². The van der Waals surface area contributed by atoms with Gasteiger partial charge in [0.05, 0.1) is 5.75 Å². The number of piperazine rings is 1. The van der Waals surface area contributed by atoms with E-state index >= 15 is 0 Å². The van der Waals surface area contributed by atoms with Gasteiger partial charge in [0, 0.05) is 55.9 Å². The van der Waals surface area contributed by atoms with Gasteiger partial charge in [0.2, 0.25) is 0 Å². The minimum Gasteiger partial charge on any atom is -0.369 e. The van der Waals surface area contributed by atoms with E-state index in [1.54, 1.807) is 24.3 Å². The van der Waals surface area contributed by atoms with Gasteiger partial charge in [-0.05, 0) is 54.7 Å². The van der Waals surface area contributed by atoms with Crippen LogP contribution in [0.25, 0.3) is 0 Å². The Bertz CT molecular complexity index is 1010. The predicted molar refractivity (Wildman–Crippen MR) is 121 cm³/mol. The van der Waals surface area contributed by atoms with Crippen LogP contribution >= 0.6 is 0 Å². The molecule has 6 nitrogen and oxygen atoms in total. The van der Waals surface area contributed by atoms with Gasteiger partial charge in [0.1, 0.15) is 0 Å². The van der Waals surface area contributed by atoms with Crippen molar-refractivity contribution >= 4 is 27.1 Å². The largest absolute Gasteiger partial charge is 0.369 e. The standard InChI is InChI=1S/C23H29N3O3S/c1-30(28,29)17-19-4-2-5-20(14-19)23(27)24-21-6-3-7-22(15-21)26-12-10-25(11-13-26)16-18-8-9-18/h2-7,14-15,18H,8-13,16-17H2,1H3,(H,24,27). The Balaban J connectivity index is 1.38. The summed E-state index contributed by atoms with van der Waals surface area (Å²) in [6.45, 7) is 5.40. The second-order valence-electron chi connectivity index (χ2n) is 8.51. The van der Waals surface area contributed by atoms with E-state index in [1.807, 2.05) is 18.2 Å². The third-order valence-corrected chi connectivity index (χ3v) is 6.53. The van der Waals surface area contributed by atoms with Gasteiger partial charge in [-0.25, -0.2) is 8.42 Å². The van der Waals surface area contributed by atoms with Crippen molar-refractivity contribution in [2.75, 3.05) is 49.2 Å². The maximum Gasteiger partial charge on any atom is 0.255 e. The Labute approximate surface area is 178 Å². The Morgan fingerprint density at radius 2 is 1.77 bits per heavy atom. The van der Waals surface area contributed by atoms with Crippen LogP contribution in [-0.4, -0.2) is 58.2 Å². The molecule has 0 aromatic heterocycles. The molecular weight excluding hydrogens is 398 g/mol. The molecule has 1 saturated carbocycles. The first kappa shape index (κ1) is 20.9. The van der Waals surface area contributed by atoms with Gasteiger partial charge in [-0.2, -0.15) is 0 Å². The Hall–Kier alpha value is -2.38. The lowest BCUT2D eigenvalue weighted by Crippen LogP contribution is -2.47. The van der Waals surface area contributed by atoms with Gasteiger partial charge < -0.3 is 10.2 Å². The maximum absolute atomic E-state index is 12.7. The second kappa shape index (κ2) is 8.78. The first-order valence-electron chi connectivity index (χ1n) is 10.5. The molecule has 1 heterocycles. The quantitative estimate of drug-likeness (QED) is 0.736. The summed E-state index contributed by atoms with van der Waals surface area (Å²) in [5, 5.41) is 2.95. The van der Waals surface area contributed by atoms with E-state index in [2.05, 4.69) is 21.2 Å². The van der Waals surface area contributed by atoms with E-state index < -0.39 is 9.84 Å². The summed E-state index contributed by atoms with van der Waals surface area (Å²) in [5.74, 6) is 0.610. The molecule has 1 saturated heterocycles. The monoisotopic (exact) mass is 427 g/mol. The molecule has 0 spiro atoms. The zero-order valence-corrected chi connectivity index (χ0v) is 18.2. The van der Waals surface area contributed by atoms with Crippen LogP contribution in [0, 0.1) is 5.92 Å². The lowest BCUT2D eigenvalue weighted by Gasteiger charge is -2.36. The van der Waals surface area contributed by atoms with Crippen molar-refractivity contribution in [3.05, 3.63) is 59.7 Å². The molecule has 2 fully saturated rings. The zero-order valence-electron chi connectivity index (χ0n) is 17.4. The molecule has 0 bridgehead atoms. The molecule has 1 aliphatic heterocycles. The van der Waals surface area contributed by atoms with Crippen LogP contribution in [0.5, 0.6) is 0 Å². The molecule has 160 valence electrons. The van der Waals surface area contributed by atoms with Crippen molar-refractivity contribution in [3.63, 3.8) is 0 Å². The molecule has 7 heteroatoms. The van der Waals surface area contributed by atoms with Crippen LogP contribution in [0.3, 0.4) is 0 Å². The predicted octanol–water partition coefficient (Wildman–Crippen LogP) is 3.02. The maximum atomic E-state index is 12.7. The lowest BCUT2D eigenvalue weighted by atomic mass is 10.1. The highest BCUT2D eigenvalue weighted by molar-refractivity contribution is 7.89. The van der Waals surface area contributed by atoms with E-state index in [4.69, 9.17) is 0 Å². The molecule has 30 heavy (non-hydrogen) atoms. The summed E-state index contributed by atoms with van der Waals surface area (Å²) < 4.78 is 23.1. The van der Waals surface area contributed by atoms with Gasteiger partial charge in [-0.1, -0.05) is 18.2 Å². The number of nitrogens with one attached hydrogen (secondary N) is 1. The fourth-order valence-corrected chi connectivity index (χ4v) is 4.73. The van der Waals surface area contributed by atoms with Crippen LogP contribution in [0.15, 0.2) is 48.5 Å². The molecule has 1 aliphatic carbocycles. The summed E-state index contributed by atoms with van der Waals surface area (Å²) in [7, 11) is -3.14. The van der Waals surface area contributed by atoms with E-state index in [0.717, 1.165) is 43.5 Å². The summed E-state index contributed by atoms with van der Waals surface area (Å²) in [4.78, 5) is 17.6. The smallest absolute Gasteiger partial charge is 0.255 e. The minimum atomic E-state index is -3.14. The molecule has 0 unspecified atom stereocenters. The van der Waals surface area contributed by atoms with E-state index in [-0.39, 0.29) is 11.7 Å². The first-order chi connectivity index (χ1) is 14.4. The first-order valence-corrected chi connectivity index (χ1v) is 12.6. The molecule has 2 aromatic rings. The van der Waals surface area contributed by atoms with Gasteiger partial charge in [0.25, 0.3) is 5.91 Å². The summed E-state index contributed by atoms with van der Waals surface area (Å²) >= 11 is 0. The Kier molecular flexibility index (Phi) is 6.11. The summed E-state index contributed by atoms with van der Waals surface area (Å²) in [6, 6.07) is 14.7. The van der Waals surface area contributed by atoms with E-state index in [0.29, 0.717) is 11.1 Å². The van der Waals surface area contributed by atoms with Gasteiger partial charge >= 0.3 is 0 Å². The highest BCUT2D eigenvalue weighted by Crippen LogP contribution is 2.30. The number of sulfone groups is 1. The van der Waals surface area contributed by atoms with Crippen molar-refractivity contribution in [1.29, 1.82) is 0 Å². The normalized spacial score (nSPS) is 17.7. The lowest BCUT2D eigenvalue weighted by molar-refractivity contribution is 0.102. The molecule has 4 rings (SSSR count). The fraction of sp³-hybridized carbons (Fsp3) is 0.435. The average Bonchev–Trinajstić information content (AvgIpc) is 3.52. The van der Waals surface area contributed by atoms with Crippen molar-refractivity contribution in [2.24, 2.45) is 5.92 Å². The SMILES string of the molecule is CS(=O)(=O)Cc1cccc(C(=O)Nc2cccc(N3CCN(CC4CC4)CC3)c2)c1. The topological polar surface area (TPSA) is 69.7 Å². The van der Waals surface area contributed by atoms with Crippen LogP contribution in [0.1, 0.15) is 28.8 Å². The Morgan fingerprint density at radius 1 is 1.03 bits per heavy atom. The molecule has 0 atom stereocenters. The molecular formula is C23H29N3O3S. The third-order valence-electron chi connectivity index (χ3n) is 5.67. The van der Waals surface area contributed by atoms with Crippen LogP contribution in [-0.2, 0) is 15.6 Å². The summed E-state index contributed by atoms with van der Waals surface area (Å²) in [5.41, 5.74) is 2.93. The van der Waals surface area contributed by atoms with Crippen LogP contribution in [0.2, 0.25) is 0 Å². The number of amides is 1. The highest BCUT2D eigenvalue weighted by Gasteiger charge is 2.26. The fourth-order valence-electron chi connectivity index (χ4n) is 3.94.